The van der Waals surface area contributed by atoms with Crippen LogP contribution in [0, 0.1) is 5.82 Å². The molecule has 0 spiro atoms. The molecule has 7 nitrogen and oxygen atoms in total. The zero-order valence-corrected chi connectivity index (χ0v) is 12.9. The lowest BCUT2D eigenvalue weighted by Crippen LogP contribution is -2.28. The molecule has 1 unspecified atom stereocenters. The summed E-state index contributed by atoms with van der Waals surface area (Å²) in [7, 11) is 0. The van der Waals surface area contributed by atoms with E-state index in [4.69, 9.17) is 9.84 Å². The number of anilines is 2. The van der Waals surface area contributed by atoms with Gasteiger partial charge in [0.25, 0.3) is 0 Å². The molecule has 1 fully saturated rings. The predicted molar refractivity (Wildman–Crippen MR) is 85.4 cm³/mol. The normalized spacial score (nSPS) is 17.2. The molecule has 3 rings (SSSR count). The van der Waals surface area contributed by atoms with Gasteiger partial charge in [0.2, 0.25) is 11.8 Å². The van der Waals surface area contributed by atoms with E-state index in [-0.39, 0.29) is 43.2 Å². The first kappa shape index (κ1) is 16.1. The molecule has 8 heteroatoms. The molecule has 0 saturated carbocycles. The maximum Gasteiger partial charge on any atom is 0.234 e. The minimum Gasteiger partial charge on any atom is -0.474 e. The van der Waals surface area contributed by atoms with E-state index in [1.165, 1.54) is 23.4 Å². The number of nitrogens with zero attached hydrogens (tertiary/aromatic N) is 3. The number of aliphatic hydroxyl groups excluding tert-OH is 1. The van der Waals surface area contributed by atoms with Gasteiger partial charge in [-0.3, -0.25) is 9.78 Å². The molecule has 2 N–H and O–H groups in total. The molecule has 0 aliphatic carbocycles. The summed E-state index contributed by atoms with van der Waals surface area (Å²) < 4.78 is 19.1. The third-order valence-corrected chi connectivity index (χ3v) is 3.57. The summed E-state index contributed by atoms with van der Waals surface area (Å²) in [4.78, 5) is 21.8. The van der Waals surface area contributed by atoms with Crippen LogP contribution in [0.15, 0.2) is 36.7 Å². The zero-order valence-electron chi connectivity index (χ0n) is 12.9. The van der Waals surface area contributed by atoms with Crippen LogP contribution in [0.4, 0.5) is 15.9 Å². The Kier molecular flexibility index (Phi) is 4.85. The fourth-order valence-electron chi connectivity index (χ4n) is 2.55. The van der Waals surface area contributed by atoms with E-state index in [0.29, 0.717) is 12.4 Å². The van der Waals surface area contributed by atoms with Gasteiger partial charge in [-0.15, -0.1) is 0 Å². The molecule has 1 amide bonds. The number of amides is 1. The number of halogens is 1. The number of aliphatic hydroxyl groups is 1. The highest BCUT2D eigenvalue weighted by molar-refractivity contribution is 5.96. The van der Waals surface area contributed by atoms with Crippen molar-refractivity contribution in [3.63, 3.8) is 0 Å². The lowest BCUT2D eigenvalue weighted by molar-refractivity contribution is -0.117. The quantitative estimate of drug-likeness (QED) is 0.827. The van der Waals surface area contributed by atoms with Crippen LogP contribution in [-0.4, -0.2) is 46.8 Å². The summed E-state index contributed by atoms with van der Waals surface area (Å²) in [5.74, 6) is 0.159. The average Bonchev–Trinajstić information content (AvgIpc) is 2.94. The smallest absolute Gasteiger partial charge is 0.234 e. The number of ether oxygens (including phenoxy) is 1. The monoisotopic (exact) mass is 332 g/mol. The molecular weight excluding hydrogens is 315 g/mol. The number of nitrogens with one attached hydrogen (secondary N) is 1. The fraction of sp³-hybridized carbons (Fsp3) is 0.312. The van der Waals surface area contributed by atoms with Crippen LogP contribution < -0.4 is 15.0 Å². The first-order valence-electron chi connectivity index (χ1n) is 7.54. The Balaban J connectivity index is 1.67. The van der Waals surface area contributed by atoms with Crippen molar-refractivity contribution < 1.29 is 19.0 Å². The van der Waals surface area contributed by atoms with Gasteiger partial charge in [-0.25, -0.2) is 4.39 Å². The number of carbonyl (C=O) groups excluding carboxylic acids is 1. The van der Waals surface area contributed by atoms with E-state index in [1.54, 1.807) is 18.2 Å². The molecular formula is C16H17FN4O3. The van der Waals surface area contributed by atoms with Crippen LogP contribution in [0.3, 0.4) is 0 Å². The topological polar surface area (TPSA) is 87.6 Å². The van der Waals surface area contributed by atoms with E-state index < -0.39 is 5.82 Å². The van der Waals surface area contributed by atoms with Crippen LogP contribution in [-0.2, 0) is 4.79 Å². The van der Waals surface area contributed by atoms with Crippen LogP contribution in [0.25, 0.3) is 0 Å². The van der Waals surface area contributed by atoms with Crippen molar-refractivity contribution in [1.29, 1.82) is 0 Å². The van der Waals surface area contributed by atoms with Crippen LogP contribution in [0.5, 0.6) is 5.88 Å². The molecule has 1 aliphatic rings. The molecule has 0 bridgehead atoms. The van der Waals surface area contributed by atoms with E-state index in [9.17, 15) is 9.18 Å². The number of para-hydroxylation sites is 1. The van der Waals surface area contributed by atoms with E-state index in [2.05, 4.69) is 15.3 Å². The Morgan fingerprint density at radius 3 is 3.00 bits per heavy atom. The highest BCUT2D eigenvalue weighted by atomic mass is 19.1. The molecule has 1 saturated heterocycles. The van der Waals surface area contributed by atoms with Gasteiger partial charge >= 0.3 is 0 Å². The van der Waals surface area contributed by atoms with E-state index in [1.807, 2.05) is 0 Å². The molecule has 1 atom stereocenters. The lowest BCUT2D eigenvalue weighted by atomic mass is 10.2. The molecule has 1 aromatic heterocycles. The fourth-order valence-corrected chi connectivity index (χ4v) is 2.55. The third-order valence-electron chi connectivity index (χ3n) is 3.57. The minimum atomic E-state index is -0.425. The van der Waals surface area contributed by atoms with Crippen molar-refractivity contribution in [3.05, 3.63) is 42.5 Å². The van der Waals surface area contributed by atoms with Crippen molar-refractivity contribution in [2.75, 3.05) is 30.0 Å². The van der Waals surface area contributed by atoms with Gasteiger partial charge < -0.3 is 20.1 Å². The van der Waals surface area contributed by atoms with E-state index in [0.717, 1.165) is 0 Å². The number of hydrogen-bond donors (Lipinski definition) is 2. The van der Waals surface area contributed by atoms with Crippen molar-refractivity contribution >= 4 is 17.4 Å². The van der Waals surface area contributed by atoms with Crippen molar-refractivity contribution in [1.82, 2.24) is 9.97 Å². The first-order chi connectivity index (χ1) is 11.7. The Bertz CT molecular complexity index is 728. The summed E-state index contributed by atoms with van der Waals surface area (Å²) in [6, 6.07) is 5.98. The largest absolute Gasteiger partial charge is 0.474 e. The SMILES string of the molecule is O=C1CC(Nc2cncc(OCCO)n2)CN1c1ccccc1F. The Labute approximate surface area is 138 Å². The molecule has 0 radical (unpaired) electrons. The molecule has 2 heterocycles. The number of rotatable bonds is 6. The highest BCUT2D eigenvalue weighted by Crippen LogP contribution is 2.25. The first-order valence-corrected chi connectivity index (χ1v) is 7.54. The maximum absolute atomic E-state index is 13.9. The second kappa shape index (κ2) is 7.22. The molecule has 24 heavy (non-hydrogen) atoms. The van der Waals surface area contributed by atoms with Gasteiger partial charge in [-0.2, -0.15) is 4.98 Å². The molecule has 1 aliphatic heterocycles. The Hall–Kier alpha value is -2.74. The Morgan fingerprint density at radius 2 is 2.21 bits per heavy atom. The van der Waals surface area contributed by atoms with Gasteiger partial charge in [-0.1, -0.05) is 12.1 Å². The summed E-state index contributed by atoms with van der Waals surface area (Å²) in [6.45, 7) is 0.346. The maximum atomic E-state index is 13.9. The summed E-state index contributed by atoms with van der Waals surface area (Å²) in [5, 5.41) is 11.9. The summed E-state index contributed by atoms with van der Waals surface area (Å²) in [5.41, 5.74) is 0.276. The van der Waals surface area contributed by atoms with Crippen LogP contribution in [0.2, 0.25) is 0 Å². The standard InChI is InChI=1S/C16H17FN4O3/c17-12-3-1-2-4-13(12)21-10-11(7-16(21)23)19-14-8-18-9-15(20-14)24-6-5-22/h1-4,8-9,11,22H,5-7,10H2,(H,19,20). The highest BCUT2D eigenvalue weighted by Gasteiger charge is 2.32. The number of benzene rings is 1. The van der Waals surface area contributed by atoms with Crippen molar-refractivity contribution in [2.45, 2.75) is 12.5 Å². The average molecular weight is 332 g/mol. The summed E-state index contributed by atoms with van der Waals surface area (Å²) >= 11 is 0. The van der Waals surface area contributed by atoms with Gasteiger partial charge in [0.1, 0.15) is 18.2 Å². The van der Waals surface area contributed by atoms with Gasteiger partial charge in [-0.05, 0) is 12.1 Å². The molecule has 1 aromatic carbocycles. The predicted octanol–water partition coefficient (Wildman–Crippen LogP) is 1.20. The minimum absolute atomic E-state index is 0.117. The third kappa shape index (κ3) is 3.60. The van der Waals surface area contributed by atoms with Gasteiger partial charge in [0.15, 0.2) is 0 Å². The van der Waals surface area contributed by atoms with Crippen molar-refractivity contribution in [2.24, 2.45) is 0 Å². The van der Waals surface area contributed by atoms with Crippen molar-refractivity contribution in [3.8, 4) is 5.88 Å². The second-order valence-corrected chi connectivity index (χ2v) is 5.32. The van der Waals surface area contributed by atoms with Crippen LogP contribution in [0.1, 0.15) is 6.42 Å². The van der Waals surface area contributed by atoms with Gasteiger partial charge in [0, 0.05) is 13.0 Å². The second-order valence-electron chi connectivity index (χ2n) is 5.32. The lowest BCUT2D eigenvalue weighted by Gasteiger charge is -2.18. The number of hydrogen-bond acceptors (Lipinski definition) is 6. The zero-order chi connectivity index (χ0) is 16.9. The molecule has 2 aromatic rings. The van der Waals surface area contributed by atoms with Gasteiger partial charge in [0.05, 0.1) is 30.7 Å². The molecule has 126 valence electrons. The number of aromatic nitrogens is 2. The van der Waals surface area contributed by atoms with E-state index >= 15 is 0 Å². The Morgan fingerprint density at radius 1 is 1.38 bits per heavy atom. The van der Waals surface area contributed by atoms with Crippen LogP contribution >= 0.6 is 0 Å². The number of carbonyl (C=O) groups is 1. The summed E-state index contributed by atoms with van der Waals surface area (Å²) in [6.07, 6.45) is 3.19.